The van der Waals surface area contributed by atoms with Gasteiger partial charge in [0.05, 0.1) is 13.2 Å². The van der Waals surface area contributed by atoms with Gasteiger partial charge in [0.2, 0.25) is 0 Å². The molecule has 0 radical (unpaired) electrons. The number of hydrogen-bond acceptors (Lipinski definition) is 3. The molecule has 0 atom stereocenters. The van der Waals surface area contributed by atoms with Gasteiger partial charge in [-0.3, -0.25) is 0 Å². The molecular weight excluding hydrogens is 250 g/mol. The van der Waals surface area contributed by atoms with E-state index in [1.54, 1.807) is 0 Å². The molecule has 0 amide bonds. The lowest BCUT2D eigenvalue weighted by molar-refractivity contribution is 0.197. The first-order chi connectivity index (χ1) is 8.72. The number of rotatable bonds is 3. The SMILES string of the molecule is CNCCc1cc2c(cc1Cl)OCC1(CC1)CO2. The number of benzene rings is 1. The van der Waals surface area contributed by atoms with Crippen molar-refractivity contribution < 1.29 is 9.47 Å². The summed E-state index contributed by atoms with van der Waals surface area (Å²) >= 11 is 6.27. The lowest BCUT2D eigenvalue weighted by Crippen LogP contribution is -2.17. The third kappa shape index (κ3) is 2.29. The maximum atomic E-state index is 6.27. The molecule has 2 aliphatic rings. The minimum Gasteiger partial charge on any atom is -0.489 e. The Morgan fingerprint density at radius 3 is 2.50 bits per heavy atom. The third-order valence-corrected chi connectivity index (χ3v) is 4.13. The monoisotopic (exact) mass is 267 g/mol. The Morgan fingerprint density at radius 1 is 1.22 bits per heavy atom. The quantitative estimate of drug-likeness (QED) is 0.913. The van der Waals surface area contributed by atoms with E-state index in [1.165, 1.54) is 12.8 Å². The molecule has 1 heterocycles. The summed E-state index contributed by atoms with van der Waals surface area (Å²) in [6.45, 7) is 2.43. The van der Waals surface area contributed by atoms with Crippen molar-refractivity contribution in [1.82, 2.24) is 5.32 Å². The Balaban J connectivity index is 1.83. The van der Waals surface area contributed by atoms with Gasteiger partial charge in [0.1, 0.15) is 0 Å². The first-order valence-electron chi connectivity index (χ1n) is 6.45. The molecular formula is C14H18ClNO2. The zero-order chi connectivity index (χ0) is 12.6. The van der Waals surface area contributed by atoms with E-state index in [-0.39, 0.29) is 5.41 Å². The normalized spacial score (nSPS) is 19.7. The van der Waals surface area contributed by atoms with Gasteiger partial charge in [0, 0.05) is 16.5 Å². The maximum absolute atomic E-state index is 6.27. The Morgan fingerprint density at radius 2 is 1.89 bits per heavy atom. The zero-order valence-corrected chi connectivity index (χ0v) is 11.3. The van der Waals surface area contributed by atoms with E-state index in [2.05, 4.69) is 5.32 Å². The number of nitrogens with one attached hydrogen (secondary N) is 1. The lowest BCUT2D eigenvalue weighted by Gasteiger charge is -2.11. The highest BCUT2D eigenvalue weighted by Crippen LogP contribution is 2.49. The number of hydrogen-bond donors (Lipinski definition) is 1. The van der Waals surface area contributed by atoms with Crippen molar-refractivity contribution >= 4 is 11.6 Å². The van der Waals surface area contributed by atoms with Crippen molar-refractivity contribution in [2.75, 3.05) is 26.8 Å². The summed E-state index contributed by atoms with van der Waals surface area (Å²) in [6.07, 6.45) is 3.32. The molecule has 1 spiro atoms. The van der Waals surface area contributed by atoms with Crippen molar-refractivity contribution in [3.8, 4) is 11.5 Å². The zero-order valence-electron chi connectivity index (χ0n) is 10.6. The van der Waals surface area contributed by atoms with Gasteiger partial charge >= 0.3 is 0 Å². The summed E-state index contributed by atoms with van der Waals surface area (Å²) in [5.74, 6) is 1.63. The summed E-state index contributed by atoms with van der Waals surface area (Å²) in [6, 6.07) is 3.92. The Hall–Kier alpha value is -0.930. The van der Waals surface area contributed by atoms with E-state index < -0.39 is 0 Å². The molecule has 1 fully saturated rings. The molecule has 1 aromatic rings. The van der Waals surface area contributed by atoms with Crippen LogP contribution in [0.3, 0.4) is 0 Å². The van der Waals surface area contributed by atoms with Gasteiger partial charge in [0.25, 0.3) is 0 Å². The van der Waals surface area contributed by atoms with Crippen LogP contribution in [0.25, 0.3) is 0 Å². The molecule has 1 aliphatic heterocycles. The smallest absolute Gasteiger partial charge is 0.162 e. The first kappa shape index (κ1) is 12.1. The molecule has 0 aromatic heterocycles. The van der Waals surface area contributed by atoms with Crippen LogP contribution in [0.2, 0.25) is 5.02 Å². The highest BCUT2D eigenvalue weighted by atomic mass is 35.5. The van der Waals surface area contributed by atoms with Crippen LogP contribution in [-0.2, 0) is 6.42 Å². The van der Waals surface area contributed by atoms with E-state index in [1.807, 2.05) is 19.2 Å². The molecule has 0 saturated heterocycles. The highest BCUT2D eigenvalue weighted by Gasteiger charge is 2.46. The van der Waals surface area contributed by atoms with Crippen molar-refractivity contribution in [2.24, 2.45) is 5.41 Å². The maximum Gasteiger partial charge on any atom is 0.162 e. The minimum absolute atomic E-state index is 0.274. The van der Waals surface area contributed by atoms with Crippen molar-refractivity contribution in [1.29, 1.82) is 0 Å². The fourth-order valence-corrected chi connectivity index (χ4v) is 2.47. The molecule has 0 unspecified atom stereocenters. The fraction of sp³-hybridized carbons (Fsp3) is 0.571. The molecule has 3 rings (SSSR count). The average molecular weight is 268 g/mol. The van der Waals surface area contributed by atoms with Gasteiger partial charge in [0.15, 0.2) is 11.5 Å². The topological polar surface area (TPSA) is 30.5 Å². The fourth-order valence-electron chi connectivity index (χ4n) is 2.22. The molecule has 1 saturated carbocycles. The van der Waals surface area contributed by atoms with Crippen LogP contribution in [0.4, 0.5) is 0 Å². The van der Waals surface area contributed by atoms with Gasteiger partial charge in [-0.1, -0.05) is 11.6 Å². The minimum atomic E-state index is 0.274. The second kappa shape index (κ2) is 4.63. The Kier molecular flexibility index (Phi) is 3.12. The summed E-state index contributed by atoms with van der Waals surface area (Å²) in [7, 11) is 1.94. The first-order valence-corrected chi connectivity index (χ1v) is 6.83. The van der Waals surface area contributed by atoms with Crippen LogP contribution in [0, 0.1) is 5.41 Å². The molecule has 3 nitrogen and oxygen atoms in total. The van der Waals surface area contributed by atoms with E-state index >= 15 is 0 Å². The van der Waals surface area contributed by atoms with Gasteiger partial charge < -0.3 is 14.8 Å². The lowest BCUT2D eigenvalue weighted by atomic mass is 10.1. The third-order valence-electron chi connectivity index (χ3n) is 3.78. The highest BCUT2D eigenvalue weighted by molar-refractivity contribution is 6.31. The van der Waals surface area contributed by atoms with Crippen LogP contribution >= 0.6 is 11.6 Å². The second-order valence-electron chi connectivity index (χ2n) is 5.32. The van der Waals surface area contributed by atoms with Gasteiger partial charge in [-0.2, -0.15) is 0 Å². The summed E-state index contributed by atoms with van der Waals surface area (Å²) in [5, 5.41) is 3.89. The van der Waals surface area contributed by atoms with Crippen LogP contribution in [0.15, 0.2) is 12.1 Å². The second-order valence-corrected chi connectivity index (χ2v) is 5.73. The molecule has 18 heavy (non-hydrogen) atoms. The molecule has 1 aromatic carbocycles. The van der Waals surface area contributed by atoms with Gasteiger partial charge in [-0.15, -0.1) is 0 Å². The van der Waals surface area contributed by atoms with Crippen LogP contribution in [0.5, 0.6) is 11.5 Å². The van der Waals surface area contributed by atoms with E-state index in [0.717, 1.165) is 48.3 Å². The van der Waals surface area contributed by atoms with Gasteiger partial charge in [-0.05, 0) is 44.5 Å². The van der Waals surface area contributed by atoms with Crippen LogP contribution in [-0.4, -0.2) is 26.8 Å². The summed E-state index contributed by atoms with van der Waals surface area (Å²) < 4.78 is 11.7. The number of fused-ring (bicyclic) bond motifs is 1. The average Bonchev–Trinajstić information content (AvgIpc) is 3.16. The predicted molar refractivity (Wildman–Crippen MR) is 71.7 cm³/mol. The summed E-state index contributed by atoms with van der Waals surface area (Å²) in [5.41, 5.74) is 1.39. The molecule has 1 N–H and O–H groups in total. The number of halogens is 1. The predicted octanol–water partition coefficient (Wildman–Crippen LogP) is 2.65. The van der Waals surface area contributed by atoms with Crippen molar-refractivity contribution in [3.05, 3.63) is 22.7 Å². The van der Waals surface area contributed by atoms with Crippen molar-refractivity contribution in [3.63, 3.8) is 0 Å². The van der Waals surface area contributed by atoms with E-state index in [0.29, 0.717) is 0 Å². The van der Waals surface area contributed by atoms with Crippen LogP contribution < -0.4 is 14.8 Å². The molecule has 0 bridgehead atoms. The number of likely N-dealkylation sites (N-methyl/N-ethyl adjacent to an activating group) is 1. The van der Waals surface area contributed by atoms with Crippen molar-refractivity contribution in [2.45, 2.75) is 19.3 Å². The van der Waals surface area contributed by atoms with E-state index in [4.69, 9.17) is 21.1 Å². The molecule has 4 heteroatoms. The van der Waals surface area contributed by atoms with Crippen LogP contribution in [0.1, 0.15) is 18.4 Å². The molecule has 98 valence electrons. The largest absolute Gasteiger partial charge is 0.489 e. The Bertz CT molecular complexity index is 457. The summed E-state index contributed by atoms with van der Waals surface area (Å²) in [4.78, 5) is 0. The standard InChI is InChI=1S/C14H18ClNO2/c1-16-5-2-10-6-12-13(7-11(10)15)18-9-14(3-4-14)8-17-12/h6-7,16H,2-5,8-9H2,1H3. The molecule has 1 aliphatic carbocycles. The van der Waals surface area contributed by atoms with Gasteiger partial charge in [-0.25, -0.2) is 0 Å². The Labute approximate surface area is 112 Å². The number of ether oxygens (including phenoxy) is 2. The van der Waals surface area contributed by atoms with E-state index in [9.17, 15) is 0 Å².